The molecule has 4 aliphatic carbocycles. The summed E-state index contributed by atoms with van der Waals surface area (Å²) >= 11 is 0. The van der Waals surface area contributed by atoms with E-state index < -0.39 is 6.61 Å². The number of halogens is 2. The van der Waals surface area contributed by atoms with E-state index in [1.165, 1.54) is 50.7 Å². The van der Waals surface area contributed by atoms with E-state index >= 15 is 0 Å². The zero-order valence-electron chi connectivity index (χ0n) is 16.5. The molecular formula is C22H30F2N2O2. The number of alkyl halides is 2. The van der Waals surface area contributed by atoms with E-state index in [4.69, 9.17) is 0 Å². The Morgan fingerprint density at radius 1 is 1.14 bits per heavy atom. The molecule has 6 heteroatoms. The van der Waals surface area contributed by atoms with Crippen LogP contribution in [0.5, 0.6) is 5.75 Å². The van der Waals surface area contributed by atoms with Gasteiger partial charge in [0.2, 0.25) is 5.91 Å². The fraction of sp³-hybridized carbons (Fsp3) is 0.682. The van der Waals surface area contributed by atoms with Crippen LogP contribution in [0.4, 0.5) is 8.78 Å². The van der Waals surface area contributed by atoms with Crippen molar-refractivity contribution in [2.75, 3.05) is 20.1 Å². The zero-order valence-corrected chi connectivity index (χ0v) is 16.5. The first-order valence-electron chi connectivity index (χ1n) is 10.4. The summed E-state index contributed by atoms with van der Waals surface area (Å²) in [5, 5.41) is 3.20. The minimum atomic E-state index is -2.81. The van der Waals surface area contributed by atoms with Crippen LogP contribution < -0.4 is 10.1 Å². The second kappa shape index (κ2) is 7.97. The lowest BCUT2D eigenvalue weighted by atomic mass is 9.49. The molecule has 0 saturated heterocycles. The molecular weight excluding hydrogens is 362 g/mol. The summed E-state index contributed by atoms with van der Waals surface area (Å²) in [7, 11) is 1.90. The van der Waals surface area contributed by atoms with Gasteiger partial charge in [0.05, 0.1) is 6.54 Å². The quantitative estimate of drug-likeness (QED) is 0.726. The van der Waals surface area contributed by atoms with E-state index in [1.807, 2.05) is 11.9 Å². The first-order valence-corrected chi connectivity index (χ1v) is 10.4. The number of rotatable bonds is 8. The lowest BCUT2D eigenvalue weighted by Crippen LogP contribution is -2.51. The minimum Gasteiger partial charge on any atom is -0.435 e. The maximum absolute atomic E-state index is 12.5. The largest absolute Gasteiger partial charge is 0.435 e. The molecule has 5 rings (SSSR count). The van der Waals surface area contributed by atoms with E-state index in [0.717, 1.165) is 29.9 Å². The number of ether oxygens (including phenoxy) is 1. The van der Waals surface area contributed by atoms with E-state index in [1.54, 1.807) is 12.1 Å². The Balaban J connectivity index is 1.23. The second-order valence-corrected chi connectivity index (χ2v) is 9.39. The number of carbonyl (C=O) groups excluding carboxylic acids is 1. The van der Waals surface area contributed by atoms with Gasteiger partial charge in [-0.15, -0.1) is 0 Å². The highest BCUT2D eigenvalue weighted by atomic mass is 19.3. The highest BCUT2D eigenvalue weighted by Gasteiger charge is 2.50. The van der Waals surface area contributed by atoms with E-state index in [2.05, 4.69) is 10.1 Å². The molecule has 154 valence electrons. The molecule has 28 heavy (non-hydrogen) atoms. The fourth-order valence-corrected chi connectivity index (χ4v) is 6.24. The van der Waals surface area contributed by atoms with Crippen LogP contribution in [0.2, 0.25) is 0 Å². The van der Waals surface area contributed by atoms with Gasteiger partial charge in [-0.25, -0.2) is 0 Å². The van der Waals surface area contributed by atoms with Crippen LogP contribution in [0.15, 0.2) is 24.3 Å². The Labute approximate surface area is 165 Å². The standard InChI is InChI=1S/C22H30F2N2O2/c1-26(12-15-2-4-19(5-3-15)28-21(23)24)13-20(27)25-14-22-9-16-6-17(10-22)8-18(7-16)11-22/h2-5,16-18,21H,6-14H2,1H3,(H,25,27). The Bertz CT molecular complexity index is 657. The topological polar surface area (TPSA) is 41.6 Å². The molecule has 4 bridgehead atoms. The number of nitrogens with one attached hydrogen (secondary N) is 1. The summed E-state index contributed by atoms with van der Waals surface area (Å²) in [6.45, 7) is -1.07. The van der Waals surface area contributed by atoms with Gasteiger partial charge in [-0.3, -0.25) is 9.69 Å². The predicted octanol–water partition coefficient (Wildman–Crippen LogP) is 4.05. The zero-order chi connectivity index (χ0) is 19.7. The molecule has 0 unspecified atom stereocenters. The Hall–Kier alpha value is -1.69. The van der Waals surface area contributed by atoms with E-state index in [9.17, 15) is 13.6 Å². The SMILES string of the molecule is CN(CC(=O)NCC12CC3CC(CC(C3)C1)C2)Cc1ccc(OC(F)F)cc1. The molecule has 1 N–H and O–H groups in total. The summed E-state index contributed by atoms with van der Waals surface area (Å²) in [6, 6.07) is 6.56. The van der Waals surface area contributed by atoms with Crippen LogP contribution in [0.25, 0.3) is 0 Å². The lowest BCUT2D eigenvalue weighted by Gasteiger charge is -2.56. The van der Waals surface area contributed by atoms with Crippen molar-refractivity contribution < 1.29 is 18.3 Å². The minimum absolute atomic E-state index is 0.0656. The van der Waals surface area contributed by atoms with Gasteiger partial charge in [-0.1, -0.05) is 12.1 Å². The molecule has 0 heterocycles. The number of hydrogen-bond donors (Lipinski definition) is 1. The molecule has 1 aromatic rings. The van der Waals surface area contributed by atoms with Crippen molar-refractivity contribution >= 4 is 5.91 Å². The summed E-state index contributed by atoms with van der Waals surface area (Å²) < 4.78 is 28.8. The highest BCUT2D eigenvalue weighted by molar-refractivity contribution is 5.78. The summed E-state index contributed by atoms with van der Waals surface area (Å²) in [5.74, 6) is 2.89. The summed E-state index contributed by atoms with van der Waals surface area (Å²) in [5.41, 5.74) is 1.31. The highest BCUT2D eigenvalue weighted by Crippen LogP contribution is 2.59. The van der Waals surface area contributed by atoms with Crippen LogP contribution in [0, 0.1) is 23.2 Å². The number of benzene rings is 1. The van der Waals surface area contributed by atoms with Crippen molar-refractivity contribution in [3.05, 3.63) is 29.8 Å². The fourth-order valence-electron chi connectivity index (χ4n) is 6.24. The smallest absolute Gasteiger partial charge is 0.387 e. The normalized spacial score (nSPS) is 30.8. The van der Waals surface area contributed by atoms with Crippen molar-refractivity contribution in [1.29, 1.82) is 0 Å². The van der Waals surface area contributed by atoms with Gasteiger partial charge in [0.25, 0.3) is 0 Å². The first-order chi connectivity index (χ1) is 13.4. The van der Waals surface area contributed by atoms with Crippen molar-refractivity contribution in [2.45, 2.75) is 51.7 Å². The Morgan fingerprint density at radius 3 is 2.25 bits per heavy atom. The molecule has 0 atom stereocenters. The average molecular weight is 392 g/mol. The molecule has 1 amide bonds. The van der Waals surface area contributed by atoms with Crippen molar-refractivity contribution in [3.63, 3.8) is 0 Å². The number of carbonyl (C=O) groups is 1. The second-order valence-electron chi connectivity index (χ2n) is 9.39. The molecule has 0 aliphatic heterocycles. The maximum atomic E-state index is 12.5. The first kappa shape index (κ1) is 19.6. The molecule has 4 fully saturated rings. The van der Waals surface area contributed by atoms with Crippen LogP contribution >= 0.6 is 0 Å². The summed E-state index contributed by atoms with van der Waals surface area (Å²) in [6.07, 6.45) is 8.12. The lowest BCUT2D eigenvalue weighted by molar-refractivity contribution is -0.124. The molecule has 0 aromatic heterocycles. The number of amides is 1. The maximum Gasteiger partial charge on any atom is 0.387 e. The Kier molecular flexibility index (Phi) is 5.59. The monoisotopic (exact) mass is 392 g/mol. The van der Waals surface area contributed by atoms with Gasteiger partial charge >= 0.3 is 6.61 Å². The third-order valence-corrected chi connectivity index (χ3v) is 6.84. The van der Waals surface area contributed by atoms with Crippen molar-refractivity contribution in [1.82, 2.24) is 10.2 Å². The van der Waals surface area contributed by atoms with E-state index in [-0.39, 0.29) is 11.7 Å². The van der Waals surface area contributed by atoms with Crippen molar-refractivity contribution in [3.8, 4) is 5.75 Å². The number of nitrogens with zero attached hydrogens (tertiary/aromatic N) is 1. The van der Waals surface area contributed by atoms with Gasteiger partial charge in [0.1, 0.15) is 5.75 Å². The van der Waals surface area contributed by atoms with Crippen LogP contribution in [0.1, 0.15) is 44.1 Å². The predicted molar refractivity (Wildman–Crippen MR) is 103 cm³/mol. The Morgan fingerprint density at radius 2 is 1.71 bits per heavy atom. The molecule has 4 saturated carbocycles. The average Bonchev–Trinajstić information content (AvgIpc) is 2.60. The van der Waals surface area contributed by atoms with Crippen LogP contribution in [0.3, 0.4) is 0 Å². The van der Waals surface area contributed by atoms with Gasteiger partial charge in [0, 0.05) is 13.1 Å². The van der Waals surface area contributed by atoms with Gasteiger partial charge in [-0.05, 0) is 86.4 Å². The molecule has 1 aromatic carbocycles. The third-order valence-electron chi connectivity index (χ3n) is 6.84. The van der Waals surface area contributed by atoms with Gasteiger partial charge in [0.15, 0.2) is 0 Å². The molecule has 0 radical (unpaired) electrons. The van der Waals surface area contributed by atoms with Gasteiger partial charge in [-0.2, -0.15) is 8.78 Å². The molecule has 4 nitrogen and oxygen atoms in total. The summed E-state index contributed by atoms with van der Waals surface area (Å²) in [4.78, 5) is 14.4. The van der Waals surface area contributed by atoms with Gasteiger partial charge < -0.3 is 10.1 Å². The number of hydrogen-bond acceptors (Lipinski definition) is 3. The third kappa shape index (κ3) is 4.65. The van der Waals surface area contributed by atoms with Crippen LogP contribution in [-0.4, -0.2) is 37.6 Å². The molecule has 0 spiro atoms. The van der Waals surface area contributed by atoms with E-state index in [0.29, 0.717) is 18.5 Å². The van der Waals surface area contributed by atoms with Crippen molar-refractivity contribution in [2.24, 2.45) is 23.2 Å². The van der Waals surface area contributed by atoms with Crippen LogP contribution in [-0.2, 0) is 11.3 Å². The number of likely N-dealkylation sites (N-methyl/N-ethyl adjacent to an activating group) is 1. The molecule has 4 aliphatic rings.